The number of benzene rings is 1. The number of hydrogen-bond acceptors (Lipinski definition) is 3. The summed E-state index contributed by atoms with van der Waals surface area (Å²) in [5.74, 6) is 0.265. The summed E-state index contributed by atoms with van der Waals surface area (Å²) in [5.41, 5.74) is 5.34. The molecule has 0 spiro atoms. The molecule has 1 saturated carbocycles. The fourth-order valence-corrected chi connectivity index (χ4v) is 5.06. The van der Waals surface area contributed by atoms with Crippen molar-refractivity contribution in [3.05, 3.63) is 52.9 Å². The van der Waals surface area contributed by atoms with Crippen LogP contribution in [0.3, 0.4) is 0 Å². The van der Waals surface area contributed by atoms with Crippen LogP contribution in [-0.2, 0) is 4.74 Å². The molecular weight excluding hydrogens is 342 g/mol. The number of nitrogens with one attached hydrogen (secondary N) is 1. The third-order valence-electron chi connectivity index (χ3n) is 5.42. The van der Waals surface area contributed by atoms with E-state index in [1.807, 2.05) is 18.2 Å². The molecule has 4 heteroatoms. The first-order valence-electron chi connectivity index (χ1n) is 9.17. The van der Waals surface area contributed by atoms with Gasteiger partial charge in [0.2, 0.25) is 0 Å². The van der Waals surface area contributed by atoms with E-state index in [9.17, 15) is 4.79 Å². The van der Waals surface area contributed by atoms with Gasteiger partial charge in [-0.05, 0) is 53.5 Å². The van der Waals surface area contributed by atoms with Crippen molar-refractivity contribution in [2.24, 2.45) is 0 Å². The van der Waals surface area contributed by atoms with E-state index in [0.29, 0.717) is 11.5 Å². The maximum Gasteiger partial charge on any atom is 0.337 e. The van der Waals surface area contributed by atoms with Gasteiger partial charge in [-0.25, -0.2) is 4.79 Å². The Bertz CT molecular complexity index is 960. The van der Waals surface area contributed by atoms with Crippen LogP contribution in [0.2, 0.25) is 0 Å². The zero-order valence-electron chi connectivity index (χ0n) is 15.0. The van der Waals surface area contributed by atoms with Crippen LogP contribution in [0.15, 0.2) is 36.2 Å². The molecule has 0 bridgehead atoms. The second kappa shape index (κ2) is 7.12. The first kappa shape index (κ1) is 17.1. The van der Waals surface area contributed by atoms with Crippen molar-refractivity contribution in [2.75, 3.05) is 7.11 Å². The second-order valence-corrected chi connectivity index (χ2v) is 7.83. The number of thiophene rings is 1. The summed E-state index contributed by atoms with van der Waals surface area (Å²) in [4.78, 5) is 16.8. The van der Waals surface area contributed by atoms with Crippen molar-refractivity contribution in [1.82, 2.24) is 4.98 Å². The molecule has 3 aromatic rings. The van der Waals surface area contributed by atoms with Gasteiger partial charge in [0, 0.05) is 10.9 Å². The molecule has 3 nitrogen and oxygen atoms in total. The predicted molar refractivity (Wildman–Crippen MR) is 109 cm³/mol. The lowest BCUT2D eigenvalue weighted by molar-refractivity contribution is 0.0601. The minimum atomic E-state index is -0.301. The monoisotopic (exact) mass is 365 g/mol. The predicted octanol–water partition coefficient (Wildman–Crippen LogP) is 6.37. The molecule has 1 fully saturated rings. The van der Waals surface area contributed by atoms with Gasteiger partial charge in [-0.15, -0.1) is 11.3 Å². The van der Waals surface area contributed by atoms with Crippen LogP contribution >= 0.6 is 11.3 Å². The summed E-state index contributed by atoms with van der Waals surface area (Å²) in [6.07, 6.45) is 8.28. The van der Waals surface area contributed by atoms with E-state index >= 15 is 0 Å². The second-order valence-electron chi connectivity index (χ2n) is 6.91. The molecule has 0 aliphatic heterocycles. The Morgan fingerprint density at radius 2 is 2.08 bits per heavy atom. The lowest BCUT2D eigenvalue weighted by Crippen LogP contribution is -2.05. The van der Waals surface area contributed by atoms with Gasteiger partial charge in [-0.3, -0.25) is 0 Å². The first-order chi connectivity index (χ1) is 12.7. The van der Waals surface area contributed by atoms with Gasteiger partial charge in [0.25, 0.3) is 0 Å². The van der Waals surface area contributed by atoms with Crippen LogP contribution in [0.25, 0.3) is 27.6 Å². The van der Waals surface area contributed by atoms with Gasteiger partial charge in [0.05, 0.1) is 23.2 Å². The number of ether oxygens (including phenoxy) is 1. The Labute approximate surface area is 157 Å². The van der Waals surface area contributed by atoms with Gasteiger partial charge in [-0.1, -0.05) is 38.0 Å². The minimum absolute atomic E-state index is 0.301. The number of aromatic nitrogens is 1. The highest BCUT2D eigenvalue weighted by molar-refractivity contribution is 7.13. The summed E-state index contributed by atoms with van der Waals surface area (Å²) in [7, 11) is 1.42. The maximum absolute atomic E-state index is 11.9. The van der Waals surface area contributed by atoms with E-state index in [1.54, 1.807) is 11.3 Å². The topological polar surface area (TPSA) is 42.1 Å². The Morgan fingerprint density at radius 3 is 2.81 bits per heavy atom. The molecule has 2 aromatic heterocycles. The van der Waals surface area contributed by atoms with Crippen LogP contribution in [-0.4, -0.2) is 18.1 Å². The fraction of sp³-hybridized carbons (Fsp3) is 0.318. The Hall–Kier alpha value is -2.33. The normalized spacial score (nSPS) is 15.3. The van der Waals surface area contributed by atoms with E-state index in [2.05, 4.69) is 29.1 Å². The average Bonchev–Trinajstić information content (AvgIpc) is 3.31. The van der Waals surface area contributed by atoms with Gasteiger partial charge in [-0.2, -0.15) is 0 Å². The Balaban J connectivity index is 1.93. The summed E-state index contributed by atoms with van der Waals surface area (Å²) in [6, 6.07) is 7.98. The highest BCUT2D eigenvalue weighted by Gasteiger charge is 2.25. The zero-order valence-corrected chi connectivity index (χ0v) is 15.8. The molecule has 0 amide bonds. The number of carbonyl (C=O) groups is 1. The molecule has 0 saturated heterocycles. The molecule has 0 unspecified atom stereocenters. The zero-order chi connectivity index (χ0) is 18.1. The highest BCUT2D eigenvalue weighted by Crippen LogP contribution is 2.44. The van der Waals surface area contributed by atoms with Crippen LogP contribution < -0.4 is 0 Å². The number of fused-ring (bicyclic) bond motifs is 1. The van der Waals surface area contributed by atoms with Gasteiger partial charge in [0.15, 0.2) is 0 Å². The molecule has 1 aliphatic carbocycles. The van der Waals surface area contributed by atoms with E-state index in [1.165, 1.54) is 60.7 Å². The molecule has 26 heavy (non-hydrogen) atoms. The number of aromatic amines is 1. The van der Waals surface area contributed by atoms with Crippen molar-refractivity contribution in [2.45, 2.75) is 38.0 Å². The summed E-state index contributed by atoms with van der Waals surface area (Å²) >= 11 is 1.74. The molecule has 1 aliphatic rings. The maximum atomic E-state index is 11.9. The number of methoxy groups -OCH3 is 1. The SMILES string of the molecule is C=Cc1ccsc1-c1[nH]c2cc(C(=O)OC)ccc2c1C1CCCCC1. The summed E-state index contributed by atoms with van der Waals surface area (Å²) < 4.78 is 4.88. The quantitative estimate of drug-likeness (QED) is 0.546. The van der Waals surface area contributed by atoms with Crippen LogP contribution in [0.4, 0.5) is 0 Å². The van der Waals surface area contributed by atoms with Crippen molar-refractivity contribution in [1.29, 1.82) is 0 Å². The third-order valence-corrected chi connectivity index (χ3v) is 6.36. The van der Waals surface area contributed by atoms with Crippen LogP contribution in [0.1, 0.15) is 59.5 Å². The van der Waals surface area contributed by atoms with Crippen molar-refractivity contribution < 1.29 is 9.53 Å². The molecule has 1 aromatic carbocycles. The number of H-pyrrole nitrogens is 1. The van der Waals surface area contributed by atoms with E-state index in [4.69, 9.17) is 4.74 Å². The van der Waals surface area contributed by atoms with E-state index in [0.717, 1.165) is 11.1 Å². The highest BCUT2D eigenvalue weighted by atomic mass is 32.1. The number of hydrogen-bond donors (Lipinski definition) is 1. The molecule has 2 heterocycles. The molecule has 134 valence electrons. The van der Waals surface area contributed by atoms with Crippen LogP contribution in [0.5, 0.6) is 0 Å². The van der Waals surface area contributed by atoms with Gasteiger partial charge < -0.3 is 9.72 Å². The van der Waals surface area contributed by atoms with Gasteiger partial charge in [0.1, 0.15) is 0 Å². The molecule has 1 N–H and O–H groups in total. The molecule has 0 atom stereocenters. The van der Waals surface area contributed by atoms with E-state index < -0.39 is 0 Å². The van der Waals surface area contributed by atoms with Crippen molar-refractivity contribution >= 4 is 34.3 Å². The Kier molecular flexibility index (Phi) is 4.68. The average molecular weight is 365 g/mol. The van der Waals surface area contributed by atoms with Crippen molar-refractivity contribution in [3.63, 3.8) is 0 Å². The number of rotatable bonds is 4. The molecule has 4 rings (SSSR count). The lowest BCUT2D eigenvalue weighted by Gasteiger charge is -2.23. The molecular formula is C22H23NO2S. The van der Waals surface area contributed by atoms with Crippen molar-refractivity contribution in [3.8, 4) is 10.6 Å². The minimum Gasteiger partial charge on any atom is -0.465 e. The summed E-state index contributed by atoms with van der Waals surface area (Å²) in [6.45, 7) is 3.97. The Morgan fingerprint density at radius 1 is 1.27 bits per heavy atom. The van der Waals surface area contributed by atoms with Gasteiger partial charge >= 0.3 is 5.97 Å². The van der Waals surface area contributed by atoms with Crippen LogP contribution in [0, 0.1) is 0 Å². The van der Waals surface area contributed by atoms with E-state index in [-0.39, 0.29) is 5.97 Å². The fourth-order valence-electron chi connectivity index (χ4n) is 4.14. The lowest BCUT2D eigenvalue weighted by atomic mass is 9.82. The standard InChI is InChI=1S/C22H23NO2S/c1-3-14-11-12-26-21(14)20-19(15-7-5-4-6-8-15)17-10-9-16(22(24)25-2)13-18(17)23-20/h3,9-13,15,23H,1,4-8H2,2H3. The number of esters is 1. The first-order valence-corrected chi connectivity index (χ1v) is 10.0. The number of carbonyl (C=O) groups excluding carboxylic acids is 1. The molecule has 0 radical (unpaired) electrons. The smallest absolute Gasteiger partial charge is 0.337 e. The largest absolute Gasteiger partial charge is 0.465 e. The third kappa shape index (κ3) is 2.88. The summed E-state index contributed by atoms with van der Waals surface area (Å²) in [5, 5.41) is 3.34.